The molecule has 0 bridgehead atoms. The first kappa shape index (κ1) is 21.3. The fourth-order valence-corrected chi connectivity index (χ4v) is 2.41. The second kappa shape index (κ2) is 9.25. The van der Waals surface area contributed by atoms with Gasteiger partial charge in [0.15, 0.2) is 6.61 Å². The van der Waals surface area contributed by atoms with Crippen LogP contribution in [0.15, 0.2) is 54.6 Å². The summed E-state index contributed by atoms with van der Waals surface area (Å²) in [6.07, 6.45) is -4.50. The molecule has 28 heavy (non-hydrogen) atoms. The number of alkyl halides is 3. The van der Waals surface area contributed by atoms with Gasteiger partial charge in [-0.3, -0.25) is 9.59 Å². The number of halogens is 3. The van der Waals surface area contributed by atoms with Gasteiger partial charge < -0.3 is 15.4 Å². The lowest BCUT2D eigenvalue weighted by Crippen LogP contribution is -2.47. The number of hydrogen-bond donors (Lipinski definition) is 2. The van der Waals surface area contributed by atoms with Crippen molar-refractivity contribution in [2.75, 3.05) is 11.9 Å². The van der Waals surface area contributed by atoms with Crippen molar-refractivity contribution in [2.24, 2.45) is 5.92 Å². The van der Waals surface area contributed by atoms with Gasteiger partial charge >= 0.3 is 6.18 Å². The maximum atomic E-state index is 12.7. The molecule has 2 aromatic carbocycles. The van der Waals surface area contributed by atoms with Crippen molar-refractivity contribution in [3.05, 3.63) is 60.2 Å². The minimum atomic E-state index is -4.50. The van der Waals surface area contributed by atoms with Crippen LogP contribution < -0.4 is 15.4 Å². The molecule has 2 aromatic rings. The van der Waals surface area contributed by atoms with Gasteiger partial charge in [-0.2, -0.15) is 13.2 Å². The van der Waals surface area contributed by atoms with Crippen LogP contribution in [-0.4, -0.2) is 30.6 Å². The van der Waals surface area contributed by atoms with Gasteiger partial charge in [0.05, 0.1) is 5.69 Å². The van der Waals surface area contributed by atoms with E-state index >= 15 is 0 Å². The first-order valence-electron chi connectivity index (χ1n) is 8.62. The van der Waals surface area contributed by atoms with E-state index < -0.39 is 30.6 Å². The predicted molar refractivity (Wildman–Crippen MR) is 99.2 cm³/mol. The number of ether oxygens (including phenoxy) is 1. The minimum absolute atomic E-state index is 0.0939. The molecular weight excluding hydrogens is 373 g/mol. The maximum Gasteiger partial charge on any atom is 0.422 e. The third-order valence-corrected chi connectivity index (χ3v) is 3.81. The van der Waals surface area contributed by atoms with Crippen molar-refractivity contribution in [3.8, 4) is 5.75 Å². The van der Waals surface area contributed by atoms with Crippen LogP contribution >= 0.6 is 0 Å². The molecule has 5 nitrogen and oxygen atoms in total. The standard InChI is InChI=1S/C20H21F3N2O3/c1-13(2)17(25-18(26)14-8-4-3-5-9-14)19(27)24-15-10-6-7-11-16(15)28-12-20(21,22)23/h3-11,13,17H,12H2,1-2H3,(H,24,27)(H,25,26). The molecule has 8 heteroatoms. The van der Waals surface area contributed by atoms with Gasteiger partial charge in [0.2, 0.25) is 5.91 Å². The molecule has 150 valence electrons. The van der Waals surface area contributed by atoms with Gasteiger partial charge in [0.1, 0.15) is 11.8 Å². The van der Waals surface area contributed by atoms with E-state index in [1.54, 1.807) is 50.2 Å². The van der Waals surface area contributed by atoms with Crippen LogP contribution in [0.5, 0.6) is 5.75 Å². The zero-order valence-corrected chi connectivity index (χ0v) is 15.4. The van der Waals surface area contributed by atoms with E-state index in [9.17, 15) is 22.8 Å². The third-order valence-electron chi connectivity index (χ3n) is 3.81. The summed E-state index contributed by atoms with van der Waals surface area (Å²) in [5, 5.41) is 5.20. The van der Waals surface area contributed by atoms with E-state index in [1.165, 1.54) is 18.2 Å². The first-order valence-corrected chi connectivity index (χ1v) is 8.62. The Morgan fingerprint density at radius 1 is 1.00 bits per heavy atom. The molecule has 2 N–H and O–H groups in total. The lowest BCUT2D eigenvalue weighted by molar-refractivity contribution is -0.153. The predicted octanol–water partition coefficient (Wildman–Crippen LogP) is 4.02. The average molecular weight is 394 g/mol. The van der Waals surface area contributed by atoms with Gasteiger partial charge in [0.25, 0.3) is 5.91 Å². The van der Waals surface area contributed by atoms with Gasteiger partial charge in [-0.1, -0.05) is 44.2 Å². The number of hydrogen-bond acceptors (Lipinski definition) is 3. The van der Waals surface area contributed by atoms with Gasteiger partial charge in [-0.25, -0.2) is 0 Å². The molecule has 0 spiro atoms. The fourth-order valence-electron chi connectivity index (χ4n) is 2.41. The zero-order valence-electron chi connectivity index (χ0n) is 15.4. The normalized spacial score (nSPS) is 12.4. The van der Waals surface area contributed by atoms with Crippen molar-refractivity contribution < 1.29 is 27.5 Å². The summed E-state index contributed by atoms with van der Waals surface area (Å²) in [5.41, 5.74) is 0.492. The number of benzene rings is 2. The largest absolute Gasteiger partial charge is 0.482 e. The summed E-state index contributed by atoms with van der Waals surface area (Å²) >= 11 is 0. The van der Waals surface area contributed by atoms with Crippen LogP contribution in [0.2, 0.25) is 0 Å². The van der Waals surface area contributed by atoms with E-state index in [0.717, 1.165) is 0 Å². The lowest BCUT2D eigenvalue weighted by atomic mass is 10.0. The molecule has 2 rings (SSSR count). The Hall–Kier alpha value is -3.03. The highest BCUT2D eigenvalue weighted by molar-refractivity contribution is 6.01. The molecule has 1 unspecified atom stereocenters. The summed E-state index contributed by atoms with van der Waals surface area (Å²) in [6.45, 7) is 2.03. The summed E-state index contributed by atoms with van der Waals surface area (Å²) in [6, 6.07) is 13.3. The first-order chi connectivity index (χ1) is 13.2. The van der Waals surface area contributed by atoms with Crippen LogP contribution in [0, 0.1) is 5.92 Å². The molecule has 0 heterocycles. The highest BCUT2D eigenvalue weighted by atomic mass is 19.4. The topological polar surface area (TPSA) is 67.4 Å². The van der Waals surface area contributed by atoms with Crippen molar-refractivity contribution >= 4 is 17.5 Å². The molecule has 0 fully saturated rings. The van der Waals surface area contributed by atoms with E-state index in [-0.39, 0.29) is 17.4 Å². The Labute approximate surface area is 160 Å². The Balaban J connectivity index is 2.11. The van der Waals surface area contributed by atoms with Crippen LogP contribution in [0.3, 0.4) is 0 Å². The molecule has 0 saturated carbocycles. The quantitative estimate of drug-likeness (QED) is 0.745. The molecule has 1 atom stereocenters. The number of carbonyl (C=O) groups excluding carboxylic acids is 2. The highest BCUT2D eigenvalue weighted by Gasteiger charge is 2.29. The van der Waals surface area contributed by atoms with E-state index in [1.807, 2.05) is 0 Å². The van der Waals surface area contributed by atoms with Crippen molar-refractivity contribution in [2.45, 2.75) is 26.1 Å². The molecule has 0 aliphatic rings. The highest BCUT2D eigenvalue weighted by Crippen LogP contribution is 2.26. The van der Waals surface area contributed by atoms with Crippen molar-refractivity contribution in [1.82, 2.24) is 5.32 Å². The van der Waals surface area contributed by atoms with Crippen molar-refractivity contribution in [3.63, 3.8) is 0 Å². The zero-order chi connectivity index (χ0) is 20.7. The second-order valence-corrected chi connectivity index (χ2v) is 6.45. The second-order valence-electron chi connectivity index (χ2n) is 6.45. The Bertz CT molecular complexity index is 808. The molecular formula is C20H21F3N2O3. The average Bonchev–Trinajstić information content (AvgIpc) is 2.65. The van der Waals surface area contributed by atoms with E-state index in [2.05, 4.69) is 10.6 Å². The molecule has 0 aromatic heterocycles. The Kier molecular flexibility index (Phi) is 7.03. The fraction of sp³-hybridized carbons (Fsp3) is 0.300. The van der Waals surface area contributed by atoms with E-state index in [4.69, 9.17) is 4.74 Å². The molecule has 0 aliphatic carbocycles. The Morgan fingerprint density at radius 3 is 2.21 bits per heavy atom. The molecule has 0 radical (unpaired) electrons. The molecule has 0 saturated heterocycles. The summed E-state index contributed by atoms with van der Waals surface area (Å²) in [7, 11) is 0. The SMILES string of the molecule is CC(C)C(NC(=O)c1ccccc1)C(=O)Nc1ccccc1OCC(F)(F)F. The van der Waals surface area contributed by atoms with Crippen LogP contribution in [0.25, 0.3) is 0 Å². The van der Waals surface area contributed by atoms with E-state index in [0.29, 0.717) is 5.56 Å². The minimum Gasteiger partial charge on any atom is -0.482 e. The van der Waals surface area contributed by atoms with Crippen LogP contribution in [0.4, 0.5) is 18.9 Å². The third kappa shape index (κ3) is 6.29. The molecule has 2 amide bonds. The number of rotatable bonds is 7. The van der Waals surface area contributed by atoms with Gasteiger partial charge in [-0.05, 0) is 30.2 Å². The Morgan fingerprint density at radius 2 is 1.61 bits per heavy atom. The summed E-state index contributed by atoms with van der Waals surface area (Å²) < 4.78 is 42.0. The van der Waals surface area contributed by atoms with Gasteiger partial charge in [0, 0.05) is 5.56 Å². The van der Waals surface area contributed by atoms with Crippen LogP contribution in [0.1, 0.15) is 24.2 Å². The van der Waals surface area contributed by atoms with Crippen molar-refractivity contribution in [1.29, 1.82) is 0 Å². The smallest absolute Gasteiger partial charge is 0.422 e. The number of nitrogens with one attached hydrogen (secondary N) is 2. The van der Waals surface area contributed by atoms with Crippen LogP contribution in [-0.2, 0) is 4.79 Å². The number of anilines is 1. The maximum absolute atomic E-state index is 12.7. The number of carbonyl (C=O) groups is 2. The lowest BCUT2D eigenvalue weighted by Gasteiger charge is -2.22. The summed E-state index contributed by atoms with van der Waals surface area (Å²) in [5.74, 6) is -1.33. The monoisotopic (exact) mass is 394 g/mol. The molecule has 0 aliphatic heterocycles. The summed E-state index contributed by atoms with van der Waals surface area (Å²) in [4.78, 5) is 25.0. The van der Waals surface area contributed by atoms with Gasteiger partial charge in [-0.15, -0.1) is 0 Å². The number of para-hydroxylation sites is 2. The number of amides is 2.